The van der Waals surface area contributed by atoms with Crippen LogP contribution in [0, 0.1) is 0 Å². The van der Waals surface area contributed by atoms with Crippen LogP contribution < -0.4 is 4.74 Å². The molecule has 0 atom stereocenters. The molecule has 0 saturated carbocycles. The first kappa shape index (κ1) is 23.3. The number of hydrogen-bond acceptors (Lipinski definition) is 6. The van der Waals surface area contributed by atoms with Crippen LogP contribution in [0.1, 0.15) is 26.4 Å². The van der Waals surface area contributed by atoms with Crippen LogP contribution in [-0.2, 0) is 16.1 Å². The van der Waals surface area contributed by atoms with E-state index in [0.717, 1.165) is 10.0 Å². The molecule has 0 fully saturated rings. The number of esters is 2. The summed E-state index contributed by atoms with van der Waals surface area (Å²) in [5, 5.41) is 4.61. The quantitative estimate of drug-likeness (QED) is 0.301. The molecule has 172 valence electrons. The van der Waals surface area contributed by atoms with Crippen LogP contribution in [0.2, 0.25) is 0 Å². The van der Waals surface area contributed by atoms with Gasteiger partial charge in [-0.15, -0.1) is 0 Å². The Balaban J connectivity index is 1.80. The second-order valence-corrected chi connectivity index (χ2v) is 8.06. The Bertz CT molecular complexity index is 1330. The van der Waals surface area contributed by atoms with Crippen molar-refractivity contribution in [2.75, 3.05) is 14.2 Å². The molecular formula is C26H21BrN2O5. The highest BCUT2D eigenvalue weighted by Crippen LogP contribution is 2.31. The van der Waals surface area contributed by atoms with Crippen LogP contribution in [0.3, 0.4) is 0 Å². The Morgan fingerprint density at radius 2 is 1.59 bits per heavy atom. The lowest BCUT2D eigenvalue weighted by Crippen LogP contribution is -2.15. The predicted octanol–water partition coefficient (Wildman–Crippen LogP) is 5.45. The van der Waals surface area contributed by atoms with E-state index in [1.165, 1.54) is 18.9 Å². The highest BCUT2D eigenvalue weighted by molar-refractivity contribution is 9.10. The van der Waals surface area contributed by atoms with Gasteiger partial charge >= 0.3 is 11.9 Å². The molecule has 1 aromatic heterocycles. The van der Waals surface area contributed by atoms with E-state index in [1.54, 1.807) is 30.3 Å². The van der Waals surface area contributed by atoms with E-state index >= 15 is 0 Å². The van der Waals surface area contributed by atoms with Crippen molar-refractivity contribution in [1.82, 2.24) is 9.78 Å². The third-order valence-electron chi connectivity index (χ3n) is 5.11. The molecule has 0 bridgehead atoms. The maximum Gasteiger partial charge on any atom is 0.357 e. The zero-order valence-electron chi connectivity index (χ0n) is 18.5. The Morgan fingerprint density at radius 1 is 0.882 bits per heavy atom. The molecule has 7 nitrogen and oxygen atoms in total. The van der Waals surface area contributed by atoms with E-state index in [9.17, 15) is 9.59 Å². The van der Waals surface area contributed by atoms with Gasteiger partial charge in [0.05, 0.1) is 19.9 Å². The molecule has 34 heavy (non-hydrogen) atoms. The van der Waals surface area contributed by atoms with Crippen LogP contribution in [-0.4, -0.2) is 35.9 Å². The Kier molecular flexibility index (Phi) is 7.08. The maximum atomic E-state index is 12.8. The van der Waals surface area contributed by atoms with Crippen LogP contribution in [0.15, 0.2) is 83.3 Å². The zero-order valence-corrected chi connectivity index (χ0v) is 20.1. The summed E-state index contributed by atoms with van der Waals surface area (Å²) in [7, 11) is 2.51. The number of carbonyl (C=O) groups excluding carboxylic acids is 2. The number of hydrogen-bond donors (Lipinski definition) is 0. The fraction of sp³-hybridized carbons (Fsp3) is 0.115. The first-order chi connectivity index (χ1) is 16.5. The second kappa shape index (κ2) is 10.4. The predicted molar refractivity (Wildman–Crippen MR) is 130 cm³/mol. The van der Waals surface area contributed by atoms with Crippen LogP contribution >= 0.6 is 15.9 Å². The molecular weight excluding hydrogens is 500 g/mol. The summed E-state index contributed by atoms with van der Waals surface area (Å²) in [5.74, 6) is -0.820. The Morgan fingerprint density at radius 3 is 2.29 bits per heavy atom. The number of ether oxygens (including phenoxy) is 3. The minimum atomic E-state index is -0.704. The smallest absolute Gasteiger partial charge is 0.357 e. The van der Waals surface area contributed by atoms with E-state index in [2.05, 4.69) is 21.0 Å². The fourth-order valence-corrected chi connectivity index (χ4v) is 3.87. The van der Waals surface area contributed by atoms with Gasteiger partial charge in [-0.1, -0.05) is 64.5 Å². The standard InChI is InChI=1S/C26H21BrN2O5/c1-32-25(30)22-23(28-29(24(22)26(31)33-2)19-11-4-3-5-12-19)17-10-8-13-20(15-17)34-16-18-9-6-7-14-21(18)27/h3-15H,16H2,1-2H3. The Labute approximate surface area is 205 Å². The van der Waals surface area contributed by atoms with E-state index in [0.29, 0.717) is 23.6 Å². The average molecular weight is 521 g/mol. The molecule has 0 amide bonds. The van der Waals surface area contributed by atoms with Gasteiger partial charge in [0.15, 0.2) is 5.69 Å². The summed E-state index contributed by atoms with van der Waals surface area (Å²) in [6.45, 7) is 0.348. The second-order valence-electron chi connectivity index (χ2n) is 7.21. The molecule has 0 aliphatic carbocycles. The topological polar surface area (TPSA) is 79.7 Å². The number of para-hydroxylation sites is 1. The lowest BCUT2D eigenvalue weighted by molar-refractivity contribution is 0.0549. The van der Waals surface area contributed by atoms with Gasteiger partial charge in [0, 0.05) is 15.6 Å². The first-order valence-corrected chi connectivity index (χ1v) is 11.1. The van der Waals surface area contributed by atoms with E-state index in [1.807, 2.05) is 48.5 Å². The normalized spacial score (nSPS) is 10.6. The van der Waals surface area contributed by atoms with Gasteiger partial charge < -0.3 is 14.2 Å². The summed E-state index contributed by atoms with van der Waals surface area (Å²) >= 11 is 3.52. The largest absolute Gasteiger partial charge is 0.489 e. The zero-order chi connectivity index (χ0) is 24.1. The highest BCUT2D eigenvalue weighted by atomic mass is 79.9. The molecule has 0 spiro atoms. The fourth-order valence-electron chi connectivity index (χ4n) is 3.47. The van der Waals surface area contributed by atoms with Crippen LogP contribution in [0.25, 0.3) is 16.9 Å². The van der Waals surface area contributed by atoms with E-state index in [4.69, 9.17) is 14.2 Å². The van der Waals surface area contributed by atoms with Crippen LogP contribution in [0.5, 0.6) is 5.75 Å². The Hall–Kier alpha value is -3.91. The van der Waals surface area contributed by atoms with Crippen molar-refractivity contribution in [3.05, 3.63) is 100 Å². The van der Waals surface area contributed by atoms with Gasteiger partial charge in [-0.05, 0) is 30.3 Å². The molecule has 3 aromatic carbocycles. The molecule has 0 saturated heterocycles. The molecule has 4 rings (SSSR count). The molecule has 0 aliphatic rings. The number of halogens is 1. The number of rotatable bonds is 7. The van der Waals surface area contributed by atoms with Gasteiger partial charge in [0.25, 0.3) is 0 Å². The highest BCUT2D eigenvalue weighted by Gasteiger charge is 2.31. The lowest BCUT2D eigenvalue weighted by atomic mass is 10.1. The van der Waals surface area contributed by atoms with Crippen molar-refractivity contribution in [3.63, 3.8) is 0 Å². The maximum absolute atomic E-state index is 12.8. The summed E-state index contributed by atoms with van der Waals surface area (Å²) < 4.78 is 18.3. The molecule has 4 aromatic rings. The number of aromatic nitrogens is 2. The van der Waals surface area contributed by atoms with Crippen molar-refractivity contribution in [2.45, 2.75) is 6.61 Å². The molecule has 1 heterocycles. The van der Waals surface area contributed by atoms with Gasteiger partial charge in [-0.25, -0.2) is 14.3 Å². The van der Waals surface area contributed by atoms with Gasteiger partial charge in [-0.2, -0.15) is 5.10 Å². The molecule has 0 radical (unpaired) electrons. The van der Waals surface area contributed by atoms with Gasteiger partial charge in [0.1, 0.15) is 23.6 Å². The van der Waals surface area contributed by atoms with Gasteiger partial charge in [-0.3, -0.25) is 0 Å². The number of carbonyl (C=O) groups is 2. The minimum Gasteiger partial charge on any atom is -0.489 e. The van der Waals surface area contributed by atoms with E-state index < -0.39 is 11.9 Å². The van der Waals surface area contributed by atoms with Crippen molar-refractivity contribution in [1.29, 1.82) is 0 Å². The van der Waals surface area contributed by atoms with Crippen molar-refractivity contribution < 1.29 is 23.8 Å². The molecule has 0 unspecified atom stereocenters. The molecule has 0 aliphatic heterocycles. The first-order valence-electron chi connectivity index (χ1n) is 10.3. The van der Waals surface area contributed by atoms with Gasteiger partial charge in [0.2, 0.25) is 0 Å². The minimum absolute atomic E-state index is 0.0150. The summed E-state index contributed by atoms with van der Waals surface area (Å²) in [4.78, 5) is 25.5. The average Bonchev–Trinajstić information content (AvgIpc) is 3.29. The number of benzene rings is 3. The molecule has 0 N–H and O–H groups in total. The van der Waals surface area contributed by atoms with Crippen molar-refractivity contribution in [3.8, 4) is 22.7 Å². The lowest BCUT2D eigenvalue weighted by Gasteiger charge is -2.09. The third kappa shape index (κ3) is 4.72. The molecule has 8 heteroatoms. The van der Waals surface area contributed by atoms with Crippen LogP contribution in [0.4, 0.5) is 0 Å². The summed E-state index contributed by atoms with van der Waals surface area (Å²) in [6, 6.07) is 24.0. The number of nitrogens with zero attached hydrogens (tertiary/aromatic N) is 2. The monoisotopic (exact) mass is 520 g/mol. The summed E-state index contributed by atoms with van der Waals surface area (Å²) in [6.07, 6.45) is 0. The number of methoxy groups -OCH3 is 2. The third-order valence-corrected chi connectivity index (χ3v) is 5.89. The van der Waals surface area contributed by atoms with E-state index in [-0.39, 0.29) is 17.0 Å². The SMILES string of the molecule is COC(=O)c1c(-c2cccc(OCc3ccccc3Br)c2)nn(-c2ccccc2)c1C(=O)OC. The van der Waals surface area contributed by atoms with Crippen molar-refractivity contribution >= 4 is 27.9 Å². The van der Waals surface area contributed by atoms with Crippen molar-refractivity contribution in [2.24, 2.45) is 0 Å². The summed E-state index contributed by atoms with van der Waals surface area (Å²) in [5.41, 5.74) is 2.45.